The van der Waals surface area contributed by atoms with E-state index in [1.54, 1.807) is 12.1 Å². The van der Waals surface area contributed by atoms with E-state index < -0.39 is 5.97 Å². The number of hydrogen-bond acceptors (Lipinski definition) is 5. The van der Waals surface area contributed by atoms with Crippen LogP contribution in [0.15, 0.2) is 18.2 Å². The van der Waals surface area contributed by atoms with Crippen LogP contribution < -0.4 is 10.5 Å². The van der Waals surface area contributed by atoms with E-state index in [1.807, 2.05) is 0 Å². The molecule has 0 bridgehead atoms. The Hall–Kier alpha value is -1.75. The molecule has 5 nitrogen and oxygen atoms in total. The molecule has 0 radical (unpaired) electrons. The Morgan fingerprint density at radius 3 is 2.76 bits per heavy atom. The number of nitrogens with two attached hydrogens (primary N) is 1. The molecular weight excluding hydrogens is 222 g/mol. The van der Waals surface area contributed by atoms with E-state index in [9.17, 15) is 4.79 Å². The maximum absolute atomic E-state index is 11.6. The number of carbonyl (C=O) groups is 1. The van der Waals surface area contributed by atoms with Gasteiger partial charge in [-0.15, -0.1) is 0 Å². The number of hydrogen-bond donors (Lipinski definition) is 2. The highest BCUT2D eigenvalue weighted by Crippen LogP contribution is 2.19. The Labute approximate surface area is 100 Å². The lowest BCUT2D eigenvalue weighted by Gasteiger charge is -2.07. The summed E-state index contributed by atoms with van der Waals surface area (Å²) in [7, 11) is 1.51. The molecule has 0 aromatic heterocycles. The first-order valence-corrected chi connectivity index (χ1v) is 5.40. The summed E-state index contributed by atoms with van der Waals surface area (Å²) in [5.41, 5.74) is 6.45. The van der Waals surface area contributed by atoms with Crippen molar-refractivity contribution >= 4 is 11.7 Å². The van der Waals surface area contributed by atoms with Gasteiger partial charge in [0.25, 0.3) is 0 Å². The Morgan fingerprint density at radius 1 is 1.35 bits per heavy atom. The van der Waals surface area contributed by atoms with Crippen molar-refractivity contribution in [2.45, 2.75) is 12.8 Å². The SMILES string of the molecule is COc1cc(N)cc(C(=O)OCCCCO)c1. The van der Waals surface area contributed by atoms with E-state index in [1.165, 1.54) is 13.2 Å². The first kappa shape index (κ1) is 13.3. The molecule has 1 aromatic carbocycles. The smallest absolute Gasteiger partial charge is 0.338 e. The van der Waals surface area contributed by atoms with E-state index in [0.29, 0.717) is 29.8 Å². The second-order valence-corrected chi connectivity index (χ2v) is 3.56. The predicted molar refractivity (Wildman–Crippen MR) is 64.0 cm³/mol. The zero-order chi connectivity index (χ0) is 12.7. The molecule has 0 saturated carbocycles. The van der Waals surface area contributed by atoms with Crippen LogP contribution >= 0.6 is 0 Å². The van der Waals surface area contributed by atoms with Crippen molar-refractivity contribution in [2.75, 3.05) is 26.1 Å². The molecule has 0 atom stereocenters. The van der Waals surface area contributed by atoms with Crippen molar-refractivity contribution in [3.8, 4) is 5.75 Å². The number of aliphatic hydroxyl groups excluding tert-OH is 1. The van der Waals surface area contributed by atoms with Gasteiger partial charge in [0.2, 0.25) is 0 Å². The van der Waals surface area contributed by atoms with Crippen LogP contribution in [0.1, 0.15) is 23.2 Å². The molecule has 0 saturated heterocycles. The topological polar surface area (TPSA) is 81.8 Å². The van der Waals surface area contributed by atoms with Crippen molar-refractivity contribution in [3.05, 3.63) is 23.8 Å². The lowest BCUT2D eigenvalue weighted by Crippen LogP contribution is -2.07. The van der Waals surface area contributed by atoms with Gasteiger partial charge < -0.3 is 20.3 Å². The minimum Gasteiger partial charge on any atom is -0.497 e. The van der Waals surface area contributed by atoms with Gasteiger partial charge >= 0.3 is 5.97 Å². The minimum atomic E-state index is -0.437. The van der Waals surface area contributed by atoms with Crippen LogP contribution in [-0.4, -0.2) is 31.4 Å². The first-order chi connectivity index (χ1) is 8.17. The largest absolute Gasteiger partial charge is 0.497 e. The minimum absolute atomic E-state index is 0.101. The van der Waals surface area contributed by atoms with Gasteiger partial charge in [-0.3, -0.25) is 0 Å². The van der Waals surface area contributed by atoms with E-state index in [-0.39, 0.29) is 13.2 Å². The summed E-state index contributed by atoms with van der Waals surface area (Å²) in [6.07, 6.45) is 1.26. The second kappa shape index (κ2) is 6.75. The number of anilines is 1. The molecular formula is C12H17NO4. The lowest BCUT2D eigenvalue weighted by molar-refractivity contribution is 0.0492. The molecule has 0 aliphatic carbocycles. The fourth-order valence-corrected chi connectivity index (χ4v) is 1.32. The number of nitrogen functional groups attached to an aromatic ring is 1. The first-order valence-electron chi connectivity index (χ1n) is 5.40. The number of benzene rings is 1. The highest BCUT2D eigenvalue weighted by atomic mass is 16.5. The third kappa shape index (κ3) is 4.32. The van der Waals surface area contributed by atoms with Crippen LogP contribution in [0.25, 0.3) is 0 Å². The molecule has 3 N–H and O–H groups in total. The summed E-state index contributed by atoms with van der Waals surface area (Å²) in [4.78, 5) is 11.6. The molecule has 0 fully saturated rings. The lowest BCUT2D eigenvalue weighted by atomic mass is 10.2. The summed E-state index contributed by atoms with van der Waals surface area (Å²) in [6.45, 7) is 0.389. The summed E-state index contributed by atoms with van der Waals surface area (Å²) < 4.78 is 10.0. The monoisotopic (exact) mass is 239 g/mol. The summed E-state index contributed by atoms with van der Waals surface area (Å²) in [6, 6.07) is 4.74. The van der Waals surface area contributed by atoms with Crippen molar-refractivity contribution in [3.63, 3.8) is 0 Å². The van der Waals surface area contributed by atoms with Crippen LogP contribution in [-0.2, 0) is 4.74 Å². The predicted octanol–water partition coefficient (Wildman–Crippen LogP) is 1.21. The zero-order valence-corrected chi connectivity index (χ0v) is 9.81. The molecule has 94 valence electrons. The number of esters is 1. The molecule has 0 spiro atoms. The van der Waals surface area contributed by atoms with Crippen LogP contribution in [0.3, 0.4) is 0 Å². The van der Waals surface area contributed by atoms with E-state index in [4.69, 9.17) is 20.3 Å². The standard InChI is InChI=1S/C12H17NO4/c1-16-11-7-9(6-10(13)8-11)12(15)17-5-3-2-4-14/h6-8,14H,2-5,13H2,1H3. The van der Waals surface area contributed by atoms with Gasteiger partial charge in [-0.25, -0.2) is 4.79 Å². The summed E-state index contributed by atoms with van der Waals surface area (Å²) in [5.74, 6) is 0.0841. The van der Waals surface area contributed by atoms with E-state index in [2.05, 4.69) is 0 Å². The molecule has 1 rings (SSSR count). The summed E-state index contributed by atoms with van der Waals surface area (Å²) in [5, 5.41) is 8.58. The number of rotatable bonds is 6. The number of unbranched alkanes of at least 4 members (excludes halogenated alkanes) is 1. The third-order valence-electron chi connectivity index (χ3n) is 2.19. The maximum Gasteiger partial charge on any atom is 0.338 e. The fourth-order valence-electron chi connectivity index (χ4n) is 1.32. The molecule has 0 aliphatic heterocycles. The van der Waals surface area contributed by atoms with Crippen LogP contribution in [0.4, 0.5) is 5.69 Å². The van der Waals surface area contributed by atoms with Gasteiger partial charge in [0, 0.05) is 18.4 Å². The Morgan fingerprint density at radius 2 is 2.12 bits per heavy atom. The van der Waals surface area contributed by atoms with Gasteiger partial charge in [-0.05, 0) is 25.0 Å². The summed E-state index contributed by atoms with van der Waals surface area (Å²) >= 11 is 0. The molecule has 0 aliphatic rings. The average molecular weight is 239 g/mol. The molecule has 0 heterocycles. The molecule has 17 heavy (non-hydrogen) atoms. The van der Waals surface area contributed by atoms with Crippen LogP contribution in [0, 0.1) is 0 Å². The molecule has 5 heteroatoms. The highest BCUT2D eigenvalue weighted by Gasteiger charge is 2.09. The number of ether oxygens (including phenoxy) is 2. The number of carbonyl (C=O) groups excluding carboxylic acids is 1. The zero-order valence-electron chi connectivity index (χ0n) is 9.81. The normalized spacial score (nSPS) is 10.0. The van der Waals surface area contributed by atoms with Crippen LogP contribution in [0.2, 0.25) is 0 Å². The van der Waals surface area contributed by atoms with Gasteiger partial charge in [-0.2, -0.15) is 0 Å². The van der Waals surface area contributed by atoms with Crippen molar-refractivity contribution in [1.29, 1.82) is 0 Å². The van der Waals surface area contributed by atoms with Gasteiger partial charge in [0.05, 0.1) is 19.3 Å². The van der Waals surface area contributed by atoms with E-state index >= 15 is 0 Å². The Balaban J connectivity index is 2.59. The Kier molecular flexibility index (Phi) is 5.29. The molecule has 0 amide bonds. The highest BCUT2D eigenvalue weighted by molar-refractivity contribution is 5.91. The third-order valence-corrected chi connectivity index (χ3v) is 2.19. The van der Waals surface area contributed by atoms with Gasteiger partial charge in [0.15, 0.2) is 0 Å². The maximum atomic E-state index is 11.6. The molecule has 0 unspecified atom stereocenters. The number of methoxy groups -OCH3 is 1. The van der Waals surface area contributed by atoms with Crippen molar-refractivity contribution in [1.82, 2.24) is 0 Å². The average Bonchev–Trinajstić information content (AvgIpc) is 2.33. The van der Waals surface area contributed by atoms with Crippen molar-refractivity contribution < 1.29 is 19.4 Å². The number of aliphatic hydroxyl groups is 1. The van der Waals surface area contributed by atoms with Gasteiger partial charge in [0.1, 0.15) is 5.75 Å². The van der Waals surface area contributed by atoms with Crippen LogP contribution in [0.5, 0.6) is 5.75 Å². The Bertz CT molecular complexity index is 379. The van der Waals surface area contributed by atoms with Gasteiger partial charge in [-0.1, -0.05) is 0 Å². The second-order valence-electron chi connectivity index (χ2n) is 3.56. The fraction of sp³-hybridized carbons (Fsp3) is 0.417. The van der Waals surface area contributed by atoms with E-state index in [0.717, 1.165) is 0 Å². The van der Waals surface area contributed by atoms with Crippen molar-refractivity contribution in [2.24, 2.45) is 0 Å². The molecule has 1 aromatic rings. The quantitative estimate of drug-likeness (QED) is 0.443.